The third kappa shape index (κ3) is 5.28. The summed E-state index contributed by atoms with van der Waals surface area (Å²) in [5.41, 5.74) is 1.15. The predicted octanol–water partition coefficient (Wildman–Crippen LogP) is 3.82. The number of nitrogens with zero attached hydrogens (tertiary/aromatic N) is 1. The number of hydrogen-bond donors (Lipinski definition) is 3. The van der Waals surface area contributed by atoms with Crippen molar-refractivity contribution in [3.8, 4) is 0 Å². The van der Waals surface area contributed by atoms with E-state index in [9.17, 15) is 9.18 Å². The molecule has 124 valence electrons. The molecule has 0 atom stereocenters. The van der Waals surface area contributed by atoms with Crippen LogP contribution in [0.4, 0.5) is 20.6 Å². The molecule has 0 unspecified atom stereocenters. The van der Waals surface area contributed by atoms with Crippen LogP contribution in [0.3, 0.4) is 0 Å². The third-order valence-electron chi connectivity index (χ3n) is 2.84. The number of aromatic amines is 1. The number of rotatable bonds is 4. The molecule has 0 bridgehead atoms. The molecule has 2 aromatic rings. The van der Waals surface area contributed by atoms with Crippen LogP contribution >= 0.6 is 0 Å². The van der Waals surface area contributed by atoms with Gasteiger partial charge in [-0.1, -0.05) is 0 Å². The first-order valence-corrected chi connectivity index (χ1v) is 7.27. The monoisotopic (exact) mass is 320 g/mol. The minimum Gasteiger partial charge on any atom is -0.444 e. The van der Waals surface area contributed by atoms with Crippen LogP contribution < -0.4 is 10.6 Å². The molecular weight excluding hydrogens is 299 g/mol. The molecule has 0 saturated carbocycles. The van der Waals surface area contributed by atoms with Crippen molar-refractivity contribution >= 4 is 17.5 Å². The lowest BCUT2D eigenvalue weighted by molar-refractivity contribution is 0.0636. The Morgan fingerprint density at radius 3 is 2.70 bits per heavy atom. The van der Waals surface area contributed by atoms with E-state index in [-0.39, 0.29) is 0 Å². The molecule has 1 aromatic carbocycles. The highest BCUT2D eigenvalue weighted by Crippen LogP contribution is 2.24. The van der Waals surface area contributed by atoms with Crippen LogP contribution in [-0.2, 0) is 11.3 Å². The van der Waals surface area contributed by atoms with Gasteiger partial charge in [0.05, 0.1) is 29.8 Å². The van der Waals surface area contributed by atoms with E-state index in [4.69, 9.17) is 4.74 Å². The van der Waals surface area contributed by atoms with Crippen LogP contribution in [-0.4, -0.2) is 21.7 Å². The van der Waals surface area contributed by atoms with Crippen LogP contribution in [0.1, 0.15) is 32.3 Å². The molecule has 1 amide bonds. The van der Waals surface area contributed by atoms with Gasteiger partial charge in [0.1, 0.15) is 17.2 Å². The van der Waals surface area contributed by atoms with Gasteiger partial charge in [0, 0.05) is 0 Å². The second kappa shape index (κ2) is 6.68. The summed E-state index contributed by atoms with van der Waals surface area (Å²) in [6.45, 7) is 7.60. The third-order valence-corrected chi connectivity index (χ3v) is 2.84. The fraction of sp³-hybridized carbons (Fsp3) is 0.375. The standard InChI is InChI=1S/C16H21FN4O2/c1-10-18-8-12(20-10)9-19-14-7-11(17)5-6-13(14)21-15(22)23-16(2,3)4/h5-8,19H,9H2,1-4H3,(H,18,20)(H,21,22). The van der Waals surface area contributed by atoms with E-state index in [2.05, 4.69) is 20.6 Å². The first-order chi connectivity index (χ1) is 10.7. The van der Waals surface area contributed by atoms with Crippen LogP contribution in [0.5, 0.6) is 0 Å². The molecule has 0 aliphatic heterocycles. The van der Waals surface area contributed by atoms with Crippen LogP contribution in [0.25, 0.3) is 0 Å². The van der Waals surface area contributed by atoms with Gasteiger partial charge in [-0.3, -0.25) is 5.32 Å². The van der Waals surface area contributed by atoms with Gasteiger partial charge in [-0.15, -0.1) is 0 Å². The van der Waals surface area contributed by atoms with E-state index >= 15 is 0 Å². The zero-order chi connectivity index (χ0) is 17.0. The number of hydrogen-bond acceptors (Lipinski definition) is 4. The molecule has 2 rings (SSSR count). The van der Waals surface area contributed by atoms with Gasteiger partial charge in [0.2, 0.25) is 0 Å². The van der Waals surface area contributed by atoms with Gasteiger partial charge in [-0.05, 0) is 45.9 Å². The molecule has 0 saturated heterocycles. The van der Waals surface area contributed by atoms with Crippen LogP contribution in [0.2, 0.25) is 0 Å². The Morgan fingerprint density at radius 1 is 1.35 bits per heavy atom. The van der Waals surface area contributed by atoms with E-state index in [1.165, 1.54) is 18.2 Å². The highest BCUT2D eigenvalue weighted by atomic mass is 19.1. The quantitative estimate of drug-likeness (QED) is 0.800. The summed E-state index contributed by atoms with van der Waals surface area (Å²) >= 11 is 0. The number of anilines is 2. The zero-order valence-corrected chi connectivity index (χ0v) is 13.7. The molecule has 0 spiro atoms. The zero-order valence-electron chi connectivity index (χ0n) is 13.7. The van der Waals surface area contributed by atoms with E-state index in [0.717, 1.165) is 11.5 Å². The van der Waals surface area contributed by atoms with Gasteiger partial charge in [0.15, 0.2) is 0 Å². The molecule has 6 nitrogen and oxygen atoms in total. The lowest BCUT2D eigenvalue weighted by Gasteiger charge is -2.20. The summed E-state index contributed by atoms with van der Waals surface area (Å²) in [6, 6.07) is 4.08. The van der Waals surface area contributed by atoms with Gasteiger partial charge in [-0.2, -0.15) is 0 Å². The SMILES string of the molecule is Cc1ncc(CNc2cc(F)ccc2NC(=O)OC(C)(C)C)[nH]1. The van der Waals surface area contributed by atoms with Crippen molar-refractivity contribution in [3.63, 3.8) is 0 Å². The Kier molecular flexibility index (Phi) is 4.88. The van der Waals surface area contributed by atoms with Crippen molar-refractivity contribution in [2.45, 2.75) is 39.8 Å². The molecule has 23 heavy (non-hydrogen) atoms. The van der Waals surface area contributed by atoms with Gasteiger partial charge < -0.3 is 15.0 Å². The number of halogens is 1. The summed E-state index contributed by atoms with van der Waals surface area (Å²) in [7, 11) is 0. The molecule has 1 aromatic heterocycles. The molecule has 0 aliphatic rings. The topological polar surface area (TPSA) is 79.0 Å². The minimum atomic E-state index is -0.606. The number of aryl methyl sites for hydroxylation is 1. The van der Waals surface area contributed by atoms with Crippen molar-refractivity contribution in [2.75, 3.05) is 10.6 Å². The first kappa shape index (κ1) is 16.8. The van der Waals surface area contributed by atoms with Crippen molar-refractivity contribution in [1.29, 1.82) is 0 Å². The number of benzene rings is 1. The fourth-order valence-corrected chi connectivity index (χ4v) is 1.94. The average Bonchev–Trinajstić information content (AvgIpc) is 2.82. The Balaban J connectivity index is 2.09. The van der Waals surface area contributed by atoms with Crippen molar-refractivity contribution in [2.24, 2.45) is 0 Å². The number of imidazole rings is 1. The van der Waals surface area contributed by atoms with Crippen molar-refractivity contribution < 1.29 is 13.9 Å². The van der Waals surface area contributed by atoms with E-state index in [1.807, 2.05) is 6.92 Å². The maximum atomic E-state index is 13.5. The molecule has 0 aliphatic carbocycles. The molecular formula is C16H21FN4O2. The van der Waals surface area contributed by atoms with E-state index < -0.39 is 17.5 Å². The highest BCUT2D eigenvalue weighted by Gasteiger charge is 2.17. The fourth-order valence-electron chi connectivity index (χ4n) is 1.94. The molecule has 7 heteroatoms. The van der Waals surface area contributed by atoms with E-state index in [0.29, 0.717) is 17.9 Å². The second-order valence-corrected chi connectivity index (χ2v) is 6.16. The Morgan fingerprint density at radius 2 is 2.09 bits per heavy atom. The highest BCUT2D eigenvalue weighted by molar-refractivity contribution is 5.89. The van der Waals surface area contributed by atoms with Gasteiger partial charge >= 0.3 is 6.09 Å². The molecule has 0 fully saturated rings. The van der Waals surface area contributed by atoms with Crippen molar-refractivity contribution in [3.05, 3.63) is 41.7 Å². The largest absolute Gasteiger partial charge is 0.444 e. The maximum absolute atomic E-state index is 13.5. The summed E-state index contributed by atoms with van der Waals surface area (Å²) in [6.07, 6.45) is 1.10. The number of carbonyl (C=O) groups excluding carboxylic acids is 1. The summed E-state index contributed by atoms with van der Waals surface area (Å²) < 4.78 is 18.7. The lowest BCUT2D eigenvalue weighted by atomic mass is 10.2. The van der Waals surface area contributed by atoms with Crippen molar-refractivity contribution in [1.82, 2.24) is 9.97 Å². The lowest BCUT2D eigenvalue weighted by Crippen LogP contribution is -2.27. The average molecular weight is 320 g/mol. The Bertz CT molecular complexity index is 692. The summed E-state index contributed by atoms with van der Waals surface area (Å²) in [5.74, 6) is 0.399. The van der Waals surface area contributed by atoms with Crippen LogP contribution in [0.15, 0.2) is 24.4 Å². The number of H-pyrrole nitrogens is 1. The Labute approximate surface area is 134 Å². The molecule has 1 heterocycles. The normalized spacial score (nSPS) is 11.2. The number of nitrogens with one attached hydrogen (secondary N) is 3. The van der Waals surface area contributed by atoms with Gasteiger partial charge in [0.25, 0.3) is 0 Å². The first-order valence-electron chi connectivity index (χ1n) is 7.27. The number of ether oxygens (including phenoxy) is 1. The molecule has 0 radical (unpaired) electrons. The predicted molar refractivity (Wildman–Crippen MR) is 86.9 cm³/mol. The molecule has 3 N–H and O–H groups in total. The second-order valence-electron chi connectivity index (χ2n) is 6.16. The van der Waals surface area contributed by atoms with Gasteiger partial charge in [-0.25, -0.2) is 14.2 Å². The Hall–Kier alpha value is -2.57. The summed E-state index contributed by atoms with van der Waals surface area (Å²) in [5, 5.41) is 5.69. The van der Waals surface area contributed by atoms with Crippen LogP contribution in [0, 0.1) is 12.7 Å². The smallest absolute Gasteiger partial charge is 0.412 e. The van der Waals surface area contributed by atoms with E-state index in [1.54, 1.807) is 27.0 Å². The number of carbonyl (C=O) groups is 1. The summed E-state index contributed by atoms with van der Waals surface area (Å²) in [4.78, 5) is 19.0. The maximum Gasteiger partial charge on any atom is 0.412 e. The number of aromatic nitrogens is 2. The number of amides is 1. The minimum absolute atomic E-state index is 0.400.